The van der Waals surface area contributed by atoms with Crippen molar-refractivity contribution < 1.29 is 31.6 Å². The van der Waals surface area contributed by atoms with Gasteiger partial charge in [-0.05, 0) is 25.0 Å². The number of benzene rings is 1. The Kier molecular flexibility index (Phi) is 4.88. The topological polar surface area (TPSA) is 110 Å². The molecule has 1 aromatic carbocycles. The van der Waals surface area contributed by atoms with E-state index in [2.05, 4.69) is 20.6 Å². The Bertz CT molecular complexity index is 1320. The normalized spacial score (nSPS) is 15.3. The second kappa shape index (κ2) is 8.60. The van der Waals surface area contributed by atoms with Gasteiger partial charge in [0.15, 0.2) is 5.75 Å². The van der Waals surface area contributed by atoms with Crippen LogP contribution in [0, 0.1) is 5.92 Å². The zero-order chi connectivity index (χ0) is 26.3. The number of amides is 2. The summed E-state index contributed by atoms with van der Waals surface area (Å²) < 4.78 is 67.4. The first-order valence-electron chi connectivity index (χ1n) is 11.3. The summed E-state index contributed by atoms with van der Waals surface area (Å²) in [6.07, 6.45) is -0.886. The Balaban J connectivity index is 1.75. The van der Waals surface area contributed by atoms with Crippen LogP contribution in [0.1, 0.15) is 27.3 Å². The second-order valence-electron chi connectivity index (χ2n) is 7.46. The molecule has 2 amide bonds. The van der Waals surface area contributed by atoms with Crippen LogP contribution in [0.25, 0.3) is 11.0 Å². The molecule has 12 heteroatoms. The highest BCUT2D eigenvalue weighted by atomic mass is 19.4. The summed E-state index contributed by atoms with van der Waals surface area (Å²) >= 11 is 0. The van der Waals surface area contributed by atoms with Crippen LogP contribution in [0.2, 0.25) is 0 Å². The van der Waals surface area contributed by atoms with Gasteiger partial charge in [0.05, 0.1) is 35.9 Å². The standard InChI is InChI=1S/C21H21F3N6O3/c1-25-20(32)12-8-26-16(29-19(31)11-3-4-11)7-15(12)28-14-6-5-13-17(18(14)33-2)30(10-27-13)9-21(22,23)24/h5-8,10-11H,3-4,9H2,1-2H3,(H,25,32)(H2,26,28,29,31)/i1D3. The lowest BCUT2D eigenvalue weighted by Crippen LogP contribution is -2.20. The number of hydrogen-bond donors (Lipinski definition) is 3. The van der Waals surface area contributed by atoms with E-state index in [9.17, 15) is 22.8 Å². The molecule has 0 aliphatic heterocycles. The predicted octanol–water partition coefficient (Wildman–Crippen LogP) is 3.45. The quantitative estimate of drug-likeness (QED) is 0.493. The molecule has 0 saturated heterocycles. The molecule has 0 atom stereocenters. The van der Waals surface area contributed by atoms with Crippen molar-refractivity contribution in [1.29, 1.82) is 0 Å². The lowest BCUT2D eigenvalue weighted by Gasteiger charge is -2.17. The molecule has 3 aromatic rings. The van der Waals surface area contributed by atoms with Gasteiger partial charge in [0, 0.05) is 29.3 Å². The van der Waals surface area contributed by atoms with Crippen LogP contribution in [-0.2, 0) is 11.3 Å². The van der Waals surface area contributed by atoms with Crippen molar-refractivity contribution >= 4 is 40.0 Å². The van der Waals surface area contributed by atoms with Crippen LogP contribution >= 0.6 is 0 Å². The summed E-state index contributed by atoms with van der Waals surface area (Å²) in [7, 11) is 1.26. The number of pyridine rings is 1. The van der Waals surface area contributed by atoms with Crippen molar-refractivity contribution in [1.82, 2.24) is 19.9 Å². The van der Waals surface area contributed by atoms with E-state index in [1.165, 1.54) is 25.3 Å². The van der Waals surface area contributed by atoms with E-state index in [0.717, 1.165) is 29.9 Å². The van der Waals surface area contributed by atoms with Gasteiger partial charge in [0.2, 0.25) is 5.91 Å². The number of hydrogen-bond acceptors (Lipinski definition) is 6. The molecule has 3 N–H and O–H groups in total. The lowest BCUT2D eigenvalue weighted by molar-refractivity contribution is -0.140. The number of nitrogens with zero attached hydrogens (tertiary/aromatic N) is 3. The van der Waals surface area contributed by atoms with Crippen molar-refractivity contribution in [3.63, 3.8) is 0 Å². The minimum Gasteiger partial charge on any atom is -0.492 e. The zero-order valence-corrected chi connectivity index (χ0v) is 17.3. The fourth-order valence-corrected chi connectivity index (χ4v) is 3.34. The molecule has 0 unspecified atom stereocenters. The summed E-state index contributed by atoms with van der Waals surface area (Å²) in [6, 6.07) is 4.28. The number of halogens is 3. The van der Waals surface area contributed by atoms with E-state index >= 15 is 0 Å². The van der Waals surface area contributed by atoms with E-state index < -0.39 is 25.6 Å². The van der Waals surface area contributed by atoms with Gasteiger partial charge < -0.3 is 25.3 Å². The van der Waals surface area contributed by atoms with E-state index in [4.69, 9.17) is 8.85 Å². The van der Waals surface area contributed by atoms with Gasteiger partial charge in [-0.3, -0.25) is 9.59 Å². The number of fused-ring (bicyclic) bond motifs is 1. The largest absolute Gasteiger partial charge is 0.492 e. The molecule has 174 valence electrons. The average molecular weight is 465 g/mol. The summed E-state index contributed by atoms with van der Waals surface area (Å²) in [5.74, 6) is -1.24. The SMILES string of the molecule is [2H]C([2H])([2H])NC(=O)c1cnc(NC(=O)C2CC2)cc1Nc1ccc2ncn(CC(F)(F)F)c2c1OC. The molecule has 33 heavy (non-hydrogen) atoms. The van der Waals surface area contributed by atoms with Crippen LogP contribution in [0.3, 0.4) is 0 Å². The summed E-state index contributed by atoms with van der Waals surface area (Å²) in [6.45, 7) is -4.09. The van der Waals surface area contributed by atoms with Gasteiger partial charge in [0.25, 0.3) is 5.91 Å². The van der Waals surface area contributed by atoms with Gasteiger partial charge in [-0.2, -0.15) is 13.2 Å². The Hall–Kier alpha value is -3.83. The number of carbonyl (C=O) groups is 2. The molecule has 0 spiro atoms. The number of ether oxygens (including phenoxy) is 1. The highest BCUT2D eigenvalue weighted by Gasteiger charge is 2.31. The molecule has 2 aromatic heterocycles. The first-order valence-corrected chi connectivity index (χ1v) is 9.83. The number of rotatable bonds is 7. The van der Waals surface area contributed by atoms with Gasteiger partial charge >= 0.3 is 6.18 Å². The smallest absolute Gasteiger partial charge is 0.406 e. The lowest BCUT2D eigenvalue weighted by atomic mass is 10.1. The monoisotopic (exact) mass is 465 g/mol. The summed E-state index contributed by atoms with van der Waals surface area (Å²) in [5.41, 5.74) is 0.333. The first kappa shape index (κ1) is 18.7. The summed E-state index contributed by atoms with van der Waals surface area (Å²) in [4.78, 5) is 32.8. The molecular weight excluding hydrogens is 441 g/mol. The Morgan fingerprint density at radius 1 is 1.27 bits per heavy atom. The van der Waals surface area contributed by atoms with Crippen LogP contribution in [0.4, 0.5) is 30.4 Å². The number of alkyl halides is 3. The van der Waals surface area contributed by atoms with E-state index in [1.807, 2.05) is 5.32 Å². The molecule has 4 rings (SSSR count). The van der Waals surface area contributed by atoms with E-state index in [1.54, 1.807) is 0 Å². The first-order chi connectivity index (χ1) is 16.8. The fraction of sp³-hybridized carbons (Fsp3) is 0.333. The van der Waals surface area contributed by atoms with E-state index in [-0.39, 0.29) is 51.4 Å². The van der Waals surface area contributed by atoms with Crippen molar-refractivity contribution in [2.75, 3.05) is 24.7 Å². The maximum absolute atomic E-state index is 13.1. The number of imidazole rings is 1. The Morgan fingerprint density at radius 2 is 2.06 bits per heavy atom. The van der Waals surface area contributed by atoms with Crippen LogP contribution in [0.15, 0.2) is 30.7 Å². The number of nitrogens with one attached hydrogen (secondary N) is 3. The number of carbonyl (C=O) groups excluding carboxylic acids is 2. The number of anilines is 3. The van der Waals surface area contributed by atoms with Gasteiger partial charge in [-0.25, -0.2) is 9.97 Å². The molecule has 9 nitrogen and oxygen atoms in total. The minimum atomic E-state index is -4.51. The third-order valence-electron chi connectivity index (χ3n) is 5.02. The molecular formula is C21H21F3N6O3. The van der Waals surface area contributed by atoms with Gasteiger partial charge in [-0.1, -0.05) is 0 Å². The number of methoxy groups -OCH3 is 1. The molecule has 0 radical (unpaired) electrons. The van der Waals surface area contributed by atoms with Crippen LogP contribution < -0.4 is 20.7 Å². The highest BCUT2D eigenvalue weighted by molar-refractivity contribution is 6.02. The fourth-order valence-electron chi connectivity index (χ4n) is 3.34. The molecule has 0 bridgehead atoms. The van der Waals surface area contributed by atoms with Crippen LogP contribution in [-0.4, -0.2) is 46.6 Å². The zero-order valence-electron chi connectivity index (χ0n) is 20.3. The number of aromatic nitrogens is 3. The average Bonchev–Trinajstić information content (AvgIpc) is 3.54. The molecule has 1 aliphatic rings. The van der Waals surface area contributed by atoms with Crippen molar-refractivity contribution in [2.24, 2.45) is 5.92 Å². The van der Waals surface area contributed by atoms with Crippen molar-refractivity contribution in [2.45, 2.75) is 25.6 Å². The molecule has 1 saturated carbocycles. The second-order valence-corrected chi connectivity index (χ2v) is 7.46. The van der Waals surface area contributed by atoms with Gasteiger partial charge in [-0.15, -0.1) is 0 Å². The molecule has 1 aliphatic carbocycles. The predicted molar refractivity (Wildman–Crippen MR) is 115 cm³/mol. The van der Waals surface area contributed by atoms with Gasteiger partial charge in [0.1, 0.15) is 17.9 Å². The van der Waals surface area contributed by atoms with Crippen molar-refractivity contribution in [3.05, 3.63) is 36.3 Å². The molecule has 1 fully saturated rings. The Labute approximate surface area is 190 Å². The van der Waals surface area contributed by atoms with E-state index in [0.29, 0.717) is 0 Å². The maximum Gasteiger partial charge on any atom is 0.406 e. The van der Waals surface area contributed by atoms with Crippen LogP contribution in [0.5, 0.6) is 5.75 Å². The molecule has 2 heterocycles. The highest BCUT2D eigenvalue weighted by Crippen LogP contribution is 2.37. The summed E-state index contributed by atoms with van der Waals surface area (Å²) in [5, 5.41) is 7.40. The third-order valence-corrected chi connectivity index (χ3v) is 5.02. The minimum absolute atomic E-state index is 0.0109. The van der Waals surface area contributed by atoms with Crippen molar-refractivity contribution in [3.8, 4) is 5.75 Å². The maximum atomic E-state index is 13.1. The Morgan fingerprint density at radius 3 is 2.73 bits per heavy atom. The third kappa shape index (κ3) is 4.83.